The van der Waals surface area contributed by atoms with Crippen LogP contribution >= 0.6 is 11.3 Å². The first-order valence-corrected chi connectivity index (χ1v) is 8.05. The van der Waals surface area contributed by atoms with Crippen molar-refractivity contribution in [1.82, 2.24) is 9.80 Å². The smallest absolute Gasteiger partial charge is 0.0328 e. The van der Waals surface area contributed by atoms with Gasteiger partial charge in [-0.05, 0) is 37.5 Å². The van der Waals surface area contributed by atoms with Gasteiger partial charge in [0, 0.05) is 31.1 Å². The molecule has 1 heterocycles. The molecule has 108 valence electrons. The van der Waals surface area contributed by atoms with Crippen LogP contribution in [-0.4, -0.2) is 43.5 Å². The van der Waals surface area contributed by atoms with Crippen molar-refractivity contribution in [2.45, 2.75) is 13.0 Å². The fourth-order valence-corrected chi connectivity index (χ4v) is 2.91. The highest BCUT2D eigenvalue weighted by molar-refractivity contribution is 7.09. The van der Waals surface area contributed by atoms with Gasteiger partial charge in [0.2, 0.25) is 0 Å². The second-order valence-electron chi connectivity index (χ2n) is 5.39. The fraction of sp³-hybridized carbons (Fsp3) is 0.412. The van der Waals surface area contributed by atoms with Crippen LogP contribution in [0.15, 0.2) is 47.8 Å². The molecular formula is C17H24N2S. The van der Waals surface area contributed by atoms with Gasteiger partial charge in [-0.1, -0.05) is 36.4 Å². The van der Waals surface area contributed by atoms with E-state index in [9.17, 15) is 0 Å². The Morgan fingerprint density at radius 3 is 2.35 bits per heavy atom. The molecule has 20 heavy (non-hydrogen) atoms. The summed E-state index contributed by atoms with van der Waals surface area (Å²) in [6.45, 7) is 4.42. The van der Waals surface area contributed by atoms with Crippen molar-refractivity contribution < 1.29 is 0 Å². The van der Waals surface area contributed by atoms with Crippen LogP contribution in [0, 0.1) is 0 Å². The summed E-state index contributed by atoms with van der Waals surface area (Å²) in [6.07, 6.45) is 1.12. The summed E-state index contributed by atoms with van der Waals surface area (Å²) in [5.41, 5.74) is 1.42. The Hall–Kier alpha value is -1.16. The molecule has 0 amide bonds. The Morgan fingerprint density at radius 1 is 0.900 bits per heavy atom. The maximum Gasteiger partial charge on any atom is 0.0328 e. The predicted molar refractivity (Wildman–Crippen MR) is 88.3 cm³/mol. The first kappa shape index (κ1) is 15.2. The van der Waals surface area contributed by atoms with E-state index in [1.165, 1.54) is 10.4 Å². The minimum atomic E-state index is 1.07. The lowest BCUT2D eigenvalue weighted by Gasteiger charge is -2.23. The van der Waals surface area contributed by atoms with E-state index in [1.807, 2.05) is 11.3 Å². The molecule has 2 nitrogen and oxygen atoms in total. The van der Waals surface area contributed by atoms with Crippen LogP contribution in [0.5, 0.6) is 0 Å². The lowest BCUT2D eigenvalue weighted by molar-refractivity contribution is 0.237. The first-order chi connectivity index (χ1) is 9.74. The second-order valence-corrected chi connectivity index (χ2v) is 6.43. The maximum absolute atomic E-state index is 2.55. The number of rotatable bonds is 8. The molecule has 0 bridgehead atoms. The molecule has 1 aromatic heterocycles. The van der Waals surface area contributed by atoms with Crippen LogP contribution in [0.4, 0.5) is 0 Å². The lowest BCUT2D eigenvalue weighted by atomic mass is 10.1. The van der Waals surface area contributed by atoms with Gasteiger partial charge >= 0.3 is 0 Å². The van der Waals surface area contributed by atoms with Crippen LogP contribution in [-0.2, 0) is 13.0 Å². The van der Waals surface area contributed by atoms with Gasteiger partial charge in [0.05, 0.1) is 0 Å². The van der Waals surface area contributed by atoms with Crippen molar-refractivity contribution in [1.29, 1.82) is 0 Å². The van der Waals surface area contributed by atoms with E-state index < -0.39 is 0 Å². The van der Waals surface area contributed by atoms with E-state index in [2.05, 4.69) is 71.7 Å². The monoisotopic (exact) mass is 288 g/mol. The van der Waals surface area contributed by atoms with E-state index in [1.54, 1.807) is 0 Å². The van der Waals surface area contributed by atoms with E-state index >= 15 is 0 Å². The summed E-state index contributed by atoms with van der Waals surface area (Å²) in [5, 5.41) is 2.16. The van der Waals surface area contributed by atoms with Gasteiger partial charge in [0.15, 0.2) is 0 Å². The third-order valence-electron chi connectivity index (χ3n) is 3.38. The molecule has 0 atom stereocenters. The van der Waals surface area contributed by atoms with Crippen molar-refractivity contribution in [2.75, 3.05) is 33.7 Å². The molecule has 0 spiro atoms. The quantitative estimate of drug-likeness (QED) is 0.735. The van der Waals surface area contributed by atoms with Gasteiger partial charge in [-0.15, -0.1) is 11.3 Å². The molecule has 0 aliphatic rings. The Morgan fingerprint density at radius 2 is 1.70 bits per heavy atom. The molecule has 2 rings (SSSR count). The first-order valence-electron chi connectivity index (χ1n) is 7.17. The zero-order valence-electron chi connectivity index (χ0n) is 12.5. The number of thiophene rings is 1. The van der Waals surface area contributed by atoms with Gasteiger partial charge in [-0.25, -0.2) is 0 Å². The van der Waals surface area contributed by atoms with Crippen LogP contribution in [0.3, 0.4) is 0 Å². The number of nitrogens with zero attached hydrogens (tertiary/aromatic N) is 2. The van der Waals surface area contributed by atoms with Crippen molar-refractivity contribution in [3.63, 3.8) is 0 Å². The molecule has 0 fully saturated rings. The van der Waals surface area contributed by atoms with Gasteiger partial charge < -0.3 is 4.90 Å². The van der Waals surface area contributed by atoms with Crippen LogP contribution in [0.1, 0.15) is 10.4 Å². The van der Waals surface area contributed by atoms with Gasteiger partial charge in [0.25, 0.3) is 0 Å². The Bertz CT molecular complexity index is 465. The molecule has 0 saturated heterocycles. The summed E-state index contributed by atoms with van der Waals surface area (Å²) in [6, 6.07) is 15.1. The third kappa shape index (κ3) is 5.45. The highest BCUT2D eigenvalue weighted by Crippen LogP contribution is 2.12. The summed E-state index contributed by atoms with van der Waals surface area (Å²) >= 11 is 1.85. The Balaban J connectivity index is 1.88. The van der Waals surface area contributed by atoms with Crippen LogP contribution in [0.2, 0.25) is 0 Å². The molecule has 0 radical (unpaired) electrons. The van der Waals surface area contributed by atoms with Crippen LogP contribution in [0.25, 0.3) is 0 Å². The normalized spacial score (nSPS) is 11.4. The second kappa shape index (κ2) is 8.20. The Labute approximate surface area is 126 Å². The van der Waals surface area contributed by atoms with Gasteiger partial charge in [0.1, 0.15) is 0 Å². The van der Waals surface area contributed by atoms with Crippen molar-refractivity contribution >= 4 is 11.3 Å². The van der Waals surface area contributed by atoms with Crippen molar-refractivity contribution in [3.05, 3.63) is 58.3 Å². The number of likely N-dealkylation sites (N-methyl/N-ethyl adjacent to an activating group) is 1. The van der Waals surface area contributed by atoms with Crippen molar-refractivity contribution in [2.24, 2.45) is 0 Å². The summed E-state index contributed by atoms with van der Waals surface area (Å²) < 4.78 is 0. The third-order valence-corrected chi connectivity index (χ3v) is 4.24. The average molecular weight is 288 g/mol. The zero-order chi connectivity index (χ0) is 14.2. The van der Waals surface area contributed by atoms with Crippen molar-refractivity contribution in [3.8, 4) is 0 Å². The highest BCUT2D eigenvalue weighted by atomic mass is 32.1. The summed E-state index contributed by atoms with van der Waals surface area (Å²) in [5.74, 6) is 0. The molecule has 0 aliphatic carbocycles. The summed E-state index contributed by atoms with van der Waals surface area (Å²) in [4.78, 5) is 6.26. The molecule has 1 aromatic carbocycles. The number of benzene rings is 1. The predicted octanol–water partition coefficient (Wildman–Crippen LogP) is 3.35. The van der Waals surface area contributed by atoms with E-state index in [-0.39, 0.29) is 0 Å². The minimum absolute atomic E-state index is 1.07. The largest absolute Gasteiger partial charge is 0.308 e. The topological polar surface area (TPSA) is 6.48 Å². The van der Waals surface area contributed by atoms with Gasteiger partial charge in [-0.3, -0.25) is 4.90 Å². The maximum atomic E-state index is 2.55. The lowest BCUT2D eigenvalue weighted by Crippen LogP contribution is -2.32. The SMILES string of the molecule is CN(C)CCN(CCc1ccccc1)Cc1cccs1. The van der Waals surface area contributed by atoms with E-state index in [4.69, 9.17) is 0 Å². The molecule has 0 unspecified atom stereocenters. The molecule has 3 heteroatoms. The zero-order valence-corrected chi connectivity index (χ0v) is 13.3. The molecule has 0 aliphatic heterocycles. The standard InChI is InChI=1S/C17H24N2S/c1-18(2)12-13-19(15-17-9-6-14-20-17)11-10-16-7-4-3-5-8-16/h3-9,14H,10-13,15H2,1-2H3. The van der Waals surface area contributed by atoms with E-state index in [0.29, 0.717) is 0 Å². The highest BCUT2D eigenvalue weighted by Gasteiger charge is 2.07. The summed E-state index contributed by atoms with van der Waals surface area (Å²) in [7, 11) is 4.28. The number of hydrogen-bond donors (Lipinski definition) is 0. The van der Waals surface area contributed by atoms with E-state index in [0.717, 1.165) is 32.6 Å². The average Bonchev–Trinajstić information content (AvgIpc) is 2.96. The molecule has 0 saturated carbocycles. The molecule has 2 aromatic rings. The van der Waals surface area contributed by atoms with Gasteiger partial charge in [-0.2, -0.15) is 0 Å². The minimum Gasteiger partial charge on any atom is -0.308 e. The van der Waals surface area contributed by atoms with Crippen LogP contribution < -0.4 is 0 Å². The Kier molecular flexibility index (Phi) is 6.25. The molecular weight excluding hydrogens is 264 g/mol. The fourth-order valence-electron chi connectivity index (χ4n) is 2.17. The number of hydrogen-bond acceptors (Lipinski definition) is 3. The molecule has 0 N–H and O–H groups in total.